The van der Waals surface area contributed by atoms with E-state index in [1.165, 1.54) is 21.3 Å². The molecular formula is C27H46O15-2. The molecule has 42 heavy (non-hydrogen) atoms. The molecule has 0 heterocycles. The molecule has 0 atom stereocenters. The van der Waals surface area contributed by atoms with Gasteiger partial charge in [0.1, 0.15) is 33.0 Å². The molecule has 15 heteroatoms. The lowest BCUT2D eigenvalue weighted by Crippen LogP contribution is -2.27. The summed E-state index contributed by atoms with van der Waals surface area (Å²) in [6.45, 7) is 8.67. The fourth-order valence-corrected chi connectivity index (χ4v) is 2.46. The molecule has 0 aromatic heterocycles. The molecule has 246 valence electrons. The highest BCUT2D eigenvalue weighted by molar-refractivity contribution is 5.84. The first-order valence-corrected chi connectivity index (χ1v) is 13.2. The molecule has 0 N–H and O–H groups in total. The highest BCUT2D eigenvalue weighted by Gasteiger charge is 2.27. The van der Waals surface area contributed by atoms with Crippen molar-refractivity contribution in [2.45, 2.75) is 25.7 Å². The Labute approximate surface area is 247 Å². The number of rotatable bonds is 25. The lowest BCUT2D eigenvalue weighted by atomic mass is 10.0. The fourth-order valence-electron chi connectivity index (χ4n) is 2.46. The van der Waals surface area contributed by atoms with Crippen molar-refractivity contribution in [3.8, 4) is 0 Å². The first kappa shape index (κ1) is 41.3. The van der Waals surface area contributed by atoms with E-state index in [2.05, 4.69) is 13.8 Å². The summed E-state index contributed by atoms with van der Waals surface area (Å²) in [6.07, 6.45) is 0.498. The van der Waals surface area contributed by atoms with Gasteiger partial charge in [-0.15, -0.1) is 12.8 Å². The summed E-state index contributed by atoms with van der Waals surface area (Å²) in [5, 5.41) is 0. The molecule has 0 radical (unpaired) electrons. The smallest absolute Gasteiger partial charge is 0.331 e. The molecule has 0 bridgehead atoms. The summed E-state index contributed by atoms with van der Waals surface area (Å²) in [5.41, 5.74) is 0. The van der Waals surface area contributed by atoms with E-state index in [0.717, 1.165) is 0 Å². The maximum absolute atomic E-state index is 12.0. The van der Waals surface area contributed by atoms with Crippen LogP contribution in [0.4, 0.5) is 0 Å². The van der Waals surface area contributed by atoms with E-state index in [1.54, 1.807) is 0 Å². The Morgan fingerprint density at radius 3 is 1.19 bits per heavy atom. The van der Waals surface area contributed by atoms with Gasteiger partial charge in [-0.05, 0) is 0 Å². The van der Waals surface area contributed by atoms with Crippen molar-refractivity contribution in [3.05, 3.63) is 13.8 Å². The Bertz CT molecular complexity index is 666. The van der Waals surface area contributed by atoms with Crippen molar-refractivity contribution in [1.82, 2.24) is 0 Å². The Balaban J connectivity index is 0. The molecule has 15 nitrogen and oxygen atoms in total. The summed E-state index contributed by atoms with van der Waals surface area (Å²) in [6, 6.07) is 0. The molecule has 0 rings (SSSR count). The zero-order valence-corrected chi connectivity index (χ0v) is 24.9. The molecule has 0 spiro atoms. The van der Waals surface area contributed by atoms with E-state index < -0.39 is 35.8 Å². The summed E-state index contributed by atoms with van der Waals surface area (Å²) < 4.78 is 48.5. The number of esters is 5. The van der Waals surface area contributed by atoms with Gasteiger partial charge in [-0.25, -0.2) is 9.59 Å². The van der Waals surface area contributed by atoms with Gasteiger partial charge in [-0.1, -0.05) is 0 Å². The zero-order chi connectivity index (χ0) is 31.8. The van der Waals surface area contributed by atoms with Crippen LogP contribution in [0.25, 0.3) is 0 Å². The second-order valence-corrected chi connectivity index (χ2v) is 7.95. The van der Waals surface area contributed by atoms with E-state index in [1.807, 2.05) is 0 Å². The standard InChI is InChI=1S/C15H26O9.C12H20O6/c1-19-4-7-22-13(16)10-12(15(18)24-9-6-21-3)11-14(17)23-8-5-20-2;1-3-5-17-11(13)9-15-7-8-16-10-12(14)18-6-4-2/h12H,4-11H2,1-3H3;1-10H2/q;-2. The predicted molar refractivity (Wildman–Crippen MR) is 145 cm³/mol. The molecule has 0 amide bonds. The van der Waals surface area contributed by atoms with Crippen LogP contribution in [0.3, 0.4) is 0 Å². The third-order valence-electron chi connectivity index (χ3n) is 4.42. The number of methoxy groups -OCH3 is 3. The second-order valence-electron chi connectivity index (χ2n) is 7.95. The van der Waals surface area contributed by atoms with Crippen molar-refractivity contribution in [3.63, 3.8) is 0 Å². The summed E-state index contributed by atoms with van der Waals surface area (Å²) in [7, 11) is 4.41. The van der Waals surface area contributed by atoms with Crippen molar-refractivity contribution in [2.24, 2.45) is 5.92 Å². The van der Waals surface area contributed by atoms with Crippen molar-refractivity contribution in [1.29, 1.82) is 0 Å². The number of carbonyl (C=O) groups is 5. The molecule has 0 fully saturated rings. The van der Waals surface area contributed by atoms with E-state index in [-0.39, 0.29) is 92.1 Å². The van der Waals surface area contributed by atoms with Crippen LogP contribution in [0.2, 0.25) is 0 Å². The number of hydrogen-bond acceptors (Lipinski definition) is 15. The molecule has 0 aliphatic rings. The van der Waals surface area contributed by atoms with Gasteiger partial charge < -0.3 is 61.2 Å². The lowest BCUT2D eigenvalue weighted by molar-refractivity contribution is -0.160. The molecule has 0 aliphatic heterocycles. The largest absolute Gasteiger partial charge is 0.467 e. The Morgan fingerprint density at radius 1 is 0.476 bits per heavy atom. The number of ether oxygens (including phenoxy) is 10. The van der Waals surface area contributed by atoms with Gasteiger partial charge >= 0.3 is 29.8 Å². The van der Waals surface area contributed by atoms with E-state index in [4.69, 9.17) is 47.4 Å². The predicted octanol–water partition coefficient (Wildman–Crippen LogP) is 0.506. The van der Waals surface area contributed by atoms with E-state index in [0.29, 0.717) is 12.8 Å². The van der Waals surface area contributed by atoms with E-state index >= 15 is 0 Å². The van der Waals surface area contributed by atoms with Gasteiger partial charge in [-0.2, -0.15) is 0 Å². The average molecular weight is 611 g/mol. The number of carbonyl (C=O) groups excluding carboxylic acids is 5. The molecule has 0 aromatic rings. The normalized spacial score (nSPS) is 10.3. The van der Waals surface area contributed by atoms with Gasteiger partial charge in [0, 0.05) is 21.3 Å². The fraction of sp³-hybridized carbons (Fsp3) is 0.741. The van der Waals surface area contributed by atoms with E-state index in [9.17, 15) is 24.0 Å². The van der Waals surface area contributed by atoms with Crippen LogP contribution >= 0.6 is 0 Å². The molecule has 0 unspecified atom stereocenters. The van der Waals surface area contributed by atoms with Gasteiger partial charge in [0.25, 0.3) is 0 Å². The number of hydrogen-bond donors (Lipinski definition) is 0. The molecule has 0 aromatic carbocycles. The van der Waals surface area contributed by atoms with Crippen LogP contribution in [0, 0.1) is 19.8 Å². The minimum Gasteiger partial charge on any atom is -0.467 e. The Morgan fingerprint density at radius 2 is 0.833 bits per heavy atom. The summed E-state index contributed by atoms with van der Waals surface area (Å²) >= 11 is 0. The van der Waals surface area contributed by atoms with Gasteiger partial charge in [-0.3, -0.25) is 14.4 Å². The lowest BCUT2D eigenvalue weighted by Gasteiger charge is -2.15. The maximum Gasteiger partial charge on any atom is 0.331 e. The van der Waals surface area contributed by atoms with Crippen LogP contribution in [0.1, 0.15) is 25.7 Å². The average Bonchev–Trinajstić information content (AvgIpc) is 2.97. The SMILES string of the molecule is COCCOC(=O)CC(CC(=O)OCCOC)C(=O)OCCOC.[CH2-]CCOC(=O)COCCOCC(=O)OCC[CH2-]. The minimum atomic E-state index is -0.980. The molecule has 0 saturated carbocycles. The topological polar surface area (TPSA) is 178 Å². The van der Waals surface area contributed by atoms with Crippen LogP contribution in [0.5, 0.6) is 0 Å². The first-order chi connectivity index (χ1) is 20.2. The maximum atomic E-state index is 12.0. The van der Waals surface area contributed by atoms with Crippen molar-refractivity contribution >= 4 is 29.8 Å². The third kappa shape index (κ3) is 28.7. The van der Waals surface area contributed by atoms with Crippen molar-refractivity contribution in [2.75, 3.05) is 101 Å². The van der Waals surface area contributed by atoms with Crippen LogP contribution in [-0.2, 0) is 71.3 Å². The highest BCUT2D eigenvalue weighted by Crippen LogP contribution is 2.14. The molecule has 0 aliphatic carbocycles. The van der Waals surface area contributed by atoms with Gasteiger partial charge in [0.15, 0.2) is 0 Å². The molecule has 0 saturated heterocycles. The van der Waals surface area contributed by atoms with Gasteiger partial charge in [0.05, 0.1) is 65.0 Å². The highest BCUT2D eigenvalue weighted by atomic mass is 16.6. The van der Waals surface area contributed by atoms with Gasteiger partial charge in [0.2, 0.25) is 0 Å². The van der Waals surface area contributed by atoms with Crippen LogP contribution in [-0.4, -0.2) is 130 Å². The third-order valence-corrected chi connectivity index (χ3v) is 4.42. The molecular weight excluding hydrogens is 564 g/mol. The first-order valence-electron chi connectivity index (χ1n) is 13.2. The Hall–Kier alpha value is -2.85. The van der Waals surface area contributed by atoms with Crippen molar-refractivity contribution < 1.29 is 71.3 Å². The zero-order valence-electron chi connectivity index (χ0n) is 24.9. The monoisotopic (exact) mass is 610 g/mol. The quantitative estimate of drug-likeness (QED) is 0.0604. The second kappa shape index (κ2) is 31.1. The summed E-state index contributed by atoms with van der Waals surface area (Å²) in [4.78, 5) is 57.4. The minimum absolute atomic E-state index is 0.0310. The van der Waals surface area contributed by atoms with Crippen LogP contribution in [0.15, 0.2) is 0 Å². The summed E-state index contributed by atoms with van der Waals surface area (Å²) in [5.74, 6) is -3.77. The Kier molecular flexibility index (Phi) is 30.6. The van der Waals surface area contributed by atoms with Crippen LogP contribution < -0.4 is 0 Å².